The number of alkyl halides is 3. The molecule has 1 saturated heterocycles. The molecule has 3 aromatic heterocycles. The fourth-order valence-electron chi connectivity index (χ4n) is 4.35. The van der Waals surface area contributed by atoms with E-state index in [0.29, 0.717) is 17.6 Å². The Bertz CT molecular complexity index is 1330. The predicted molar refractivity (Wildman–Crippen MR) is 123 cm³/mol. The molecule has 2 N–H and O–H groups in total. The summed E-state index contributed by atoms with van der Waals surface area (Å²) >= 11 is 0. The Hall–Kier alpha value is -3.93. The topological polar surface area (TPSA) is 113 Å². The van der Waals surface area contributed by atoms with Crippen molar-refractivity contribution in [3.63, 3.8) is 0 Å². The number of pyridine rings is 1. The van der Waals surface area contributed by atoms with E-state index in [1.807, 2.05) is 35.0 Å². The molecule has 0 bridgehead atoms. The van der Waals surface area contributed by atoms with Gasteiger partial charge in [0, 0.05) is 25.5 Å². The number of carbonyl (C=O) groups is 2. The van der Waals surface area contributed by atoms with Crippen molar-refractivity contribution in [1.82, 2.24) is 23.8 Å². The van der Waals surface area contributed by atoms with Crippen molar-refractivity contribution in [1.29, 1.82) is 0 Å². The number of fused-ring (bicyclic) bond motifs is 2. The molecule has 36 heavy (non-hydrogen) atoms. The zero-order chi connectivity index (χ0) is 25.9. The molecule has 1 aliphatic rings. The van der Waals surface area contributed by atoms with E-state index in [9.17, 15) is 13.2 Å². The molecular formula is C24H24F3N5O4. The minimum Gasteiger partial charge on any atom is -0.473 e. The summed E-state index contributed by atoms with van der Waals surface area (Å²) in [5.41, 5.74) is 2.89. The number of aliphatic carboxylic acids is 2. The van der Waals surface area contributed by atoms with Crippen molar-refractivity contribution < 1.29 is 33.0 Å². The summed E-state index contributed by atoms with van der Waals surface area (Å²) in [7, 11) is 0. The summed E-state index contributed by atoms with van der Waals surface area (Å²) in [5, 5.41) is 14.8. The van der Waals surface area contributed by atoms with Crippen LogP contribution in [0.2, 0.25) is 0 Å². The highest BCUT2D eigenvalue weighted by molar-refractivity contribution is 6.27. The lowest BCUT2D eigenvalue weighted by atomic mass is 9.96. The van der Waals surface area contributed by atoms with E-state index in [4.69, 9.17) is 19.8 Å². The molecule has 0 spiro atoms. The first kappa shape index (κ1) is 25.2. The van der Waals surface area contributed by atoms with E-state index in [1.165, 1.54) is 4.57 Å². The standard InChI is InChI=1S/C22H22F3N5.C2H2O4/c23-22(24,25)21-27-18-5-1-2-6-19(18)30(21)13-16-8-11-28(12-9-16)14-17-15-29-10-4-3-7-20(29)26-17;3-1(4)2(5)6/h1-7,10,15-16H,8-9,11-14H2;(H,3,4)(H,5,6). The molecule has 1 aromatic carbocycles. The van der Waals surface area contributed by atoms with Gasteiger partial charge in [0.1, 0.15) is 5.65 Å². The molecule has 9 nitrogen and oxygen atoms in total. The second-order valence-corrected chi connectivity index (χ2v) is 8.56. The average molecular weight is 503 g/mol. The van der Waals surface area contributed by atoms with Crippen LogP contribution in [-0.4, -0.2) is 59.1 Å². The van der Waals surface area contributed by atoms with Crippen LogP contribution in [0.15, 0.2) is 54.9 Å². The molecule has 1 fully saturated rings. The normalized spacial score (nSPS) is 15.1. The van der Waals surface area contributed by atoms with Gasteiger partial charge in [-0.3, -0.25) is 4.90 Å². The summed E-state index contributed by atoms with van der Waals surface area (Å²) in [4.78, 5) is 29.0. The molecule has 0 radical (unpaired) electrons. The first-order valence-corrected chi connectivity index (χ1v) is 11.3. The highest BCUT2D eigenvalue weighted by Crippen LogP contribution is 2.33. The quantitative estimate of drug-likeness (QED) is 0.408. The van der Waals surface area contributed by atoms with Gasteiger partial charge in [-0.25, -0.2) is 19.6 Å². The molecular weight excluding hydrogens is 479 g/mol. The molecule has 0 unspecified atom stereocenters. The number of hydrogen-bond donors (Lipinski definition) is 2. The number of benzene rings is 1. The van der Waals surface area contributed by atoms with Crippen molar-refractivity contribution in [2.24, 2.45) is 5.92 Å². The number of rotatable bonds is 4. The van der Waals surface area contributed by atoms with Crippen molar-refractivity contribution in [2.75, 3.05) is 13.1 Å². The minimum absolute atomic E-state index is 0.195. The molecule has 4 heterocycles. The number of para-hydroxylation sites is 2. The molecule has 0 atom stereocenters. The smallest absolute Gasteiger partial charge is 0.449 e. The SMILES string of the molecule is FC(F)(F)c1nc2ccccc2n1CC1CCN(Cc2cn3ccccc3n2)CC1.O=C(O)C(=O)O. The molecule has 0 aliphatic carbocycles. The molecule has 4 aromatic rings. The van der Waals surface area contributed by atoms with Crippen LogP contribution < -0.4 is 0 Å². The van der Waals surface area contributed by atoms with Crippen LogP contribution in [0.3, 0.4) is 0 Å². The lowest BCUT2D eigenvalue weighted by Crippen LogP contribution is -2.35. The molecule has 0 saturated carbocycles. The third-order valence-electron chi connectivity index (χ3n) is 6.04. The number of carboxylic acids is 2. The van der Waals surface area contributed by atoms with Crippen LogP contribution in [0.4, 0.5) is 13.2 Å². The van der Waals surface area contributed by atoms with Crippen molar-refractivity contribution in [2.45, 2.75) is 32.1 Å². The number of aromatic nitrogens is 4. The lowest BCUT2D eigenvalue weighted by Gasteiger charge is -2.32. The van der Waals surface area contributed by atoms with Crippen molar-refractivity contribution in [3.8, 4) is 0 Å². The Morgan fingerprint density at radius 1 is 0.972 bits per heavy atom. The molecule has 12 heteroatoms. The third-order valence-corrected chi connectivity index (χ3v) is 6.04. The van der Waals surface area contributed by atoms with Crippen molar-refractivity contribution in [3.05, 3.63) is 66.4 Å². The van der Waals surface area contributed by atoms with Crippen LogP contribution in [0.5, 0.6) is 0 Å². The summed E-state index contributed by atoms with van der Waals surface area (Å²) in [6.45, 7) is 2.81. The Morgan fingerprint density at radius 3 is 2.28 bits per heavy atom. The van der Waals surface area contributed by atoms with Gasteiger partial charge in [-0.2, -0.15) is 13.2 Å². The maximum absolute atomic E-state index is 13.5. The van der Waals surface area contributed by atoms with Gasteiger partial charge < -0.3 is 19.2 Å². The monoisotopic (exact) mass is 503 g/mol. The second-order valence-electron chi connectivity index (χ2n) is 8.56. The van der Waals surface area contributed by atoms with Gasteiger partial charge in [-0.05, 0) is 56.1 Å². The first-order valence-electron chi connectivity index (χ1n) is 11.3. The van der Waals surface area contributed by atoms with Crippen LogP contribution in [-0.2, 0) is 28.9 Å². The number of likely N-dealkylation sites (tertiary alicyclic amines) is 1. The van der Waals surface area contributed by atoms with Gasteiger partial charge in [0.25, 0.3) is 0 Å². The fraction of sp³-hybridized carbons (Fsp3) is 0.333. The Labute approximate surface area is 203 Å². The summed E-state index contributed by atoms with van der Waals surface area (Å²) in [6.07, 6.45) is 1.28. The van der Waals surface area contributed by atoms with Gasteiger partial charge in [-0.15, -0.1) is 0 Å². The third kappa shape index (κ3) is 5.82. The van der Waals surface area contributed by atoms with Crippen LogP contribution in [0.25, 0.3) is 16.7 Å². The number of imidazole rings is 2. The Morgan fingerprint density at radius 2 is 1.64 bits per heavy atom. The summed E-state index contributed by atoms with van der Waals surface area (Å²) < 4.78 is 44.0. The number of hydrogen-bond acceptors (Lipinski definition) is 5. The zero-order valence-corrected chi connectivity index (χ0v) is 19.1. The minimum atomic E-state index is -4.46. The van der Waals surface area contributed by atoms with E-state index in [1.54, 1.807) is 24.3 Å². The molecule has 0 amide bonds. The highest BCUT2D eigenvalue weighted by atomic mass is 19.4. The maximum Gasteiger partial charge on any atom is 0.449 e. The van der Waals surface area contributed by atoms with Crippen LogP contribution >= 0.6 is 0 Å². The number of piperidine rings is 1. The van der Waals surface area contributed by atoms with Gasteiger partial charge in [0.2, 0.25) is 5.82 Å². The van der Waals surface area contributed by atoms with Crippen molar-refractivity contribution >= 4 is 28.6 Å². The zero-order valence-electron chi connectivity index (χ0n) is 19.1. The highest BCUT2D eigenvalue weighted by Gasteiger charge is 2.38. The van der Waals surface area contributed by atoms with E-state index in [0.717, 1.165) is 43.8 Å². The number of carboxylic acid groups (broad SMARTS) is 2. The maximum atomic E-state index is 13.5. The predicted octanol–water partition coefficient (Wildman–Crippen LogP) is 3.77. The summed E-state index contributed by atoms with van der Waals surface area (Å²) in [5.74, 6) is -4.25. The largest absolute Gasteiger partial charge is 0.473 e. The van der Waals surface area contributed by atoms with E-state index in [2.05, 4.69) is 14.9 Å². The fourth-order valence-corrected chi connectivity index (χ4v) is 4.35. The summed E-state index contributed by atoms with van der Waals surface area (Å²) in [6, 6.07) is 12.7. The van der Waals surface area contributed by atoms with Gasteiger partial charge in [-0.1, -0.05) is 18.2 Å². The van der Waals surface area contributed by atoms with E-state index < -0.39 is 23.9 Å². The molecule has 5 rings (SSSR count). The average Bonchev–Trinajstić information content (AvgIpc) is 3.42. The molecule has 190 valence electrons. The van der Waals surface area contributed by atoms with Gasteiger partial charge in [0.05, 0.1) is 16.7 Å². The van der Waals surface area contributed by atoms with Crippen LogP contribution in [0, 0.1) is 5.92 Å². The van der Waals surface area contributed by atoms with Gasteiger partial charge in [0.15, 0.2) is 0 Å². The Balaban J connectivity index is 0.000000455. The first-order chi connectivity index (χ1) is 17.1. The number of nitrogens with zero attached hydrogens (tertiary/aromatic N) is 5. The lowest BCUT2D eigenvalue weighted by molar-refractivity contribution is -0.159. The van der Waals surface area contributed by atoms with Crippen LogP contribution in [0.1, 0.15) is 24.4 Å². The molecule has 1 aliphatic heterocycles. The number of halogens is 3. The second kappa shape index (κ2) is 10.4. The van der Waals surface area contributed by atoms with E-state index >= 15 is 0 Å². The van der Waals surface area contributed by atoms with E-state index in [-0.39, 0.29) is 5.92 Å². The Kier molecular flexibility index (Phi) is 7.25. The van der Waals surface area contributed by atoms with Gasteiger partial charge >= 0.3 is 18.1 Å².